The highest BCUT2D eigenvalue weighted by Crippen LogP contribution is 2.30. The van der Waals surface area contributed by atoms with Crippen LogP contribution in [0.25, 0.3) is 0 Å². The number of nitrogens with zero attached hydrogens (tertiary/aromatic N) is 2. The van der Waals surface area contributed by atoms with Crippen LogP contribution in [0.1, 0.15) is 17.5 Å². The minimum Gasteiger partial charge on any atom is -0.493 e. The van der Waals surface area contributed by atoms with Gasteiger partial charge in [-0.25, -0.2) is 0 Å². The first-order valence-electron chi connectivity index (χ1n) is 9.65. The highest BCUT2D eigenvalue weighted by atomic mass is 35.5. The molecule has 2 aromatic rings. The Morgan fingerprint density at radius 3 is 2.61 bits per heavy atom. The maximum Gasteiger partial charge on any atom is 0.227 e. The summed E-state index contributed by atoms with van der Waals surface area (Å²) in [6.45, 7) is 8.22. The van der Waals surface area contributed by atoms with Crippen LogP contribution in [-0.2, 0) is 4.79 Å². The summed E-state index contributed by atoms with van der Waals surface area (Å²) in [7, 11) is 2.12. The number of piperazine rings is 1. The van der Waals surface area contributed by atoms with Gasteiger partial charge in [0.15, 0.2) is 0 Å². The number of aryl methyl sites for hydroxylation is 2. The van der Waals surface area contributed by atoms with E-state index in [1.165, 1.54) is 0 Å². The van der Waals surface area contributed by atoms with E-state index in [0.717, 1.165) is 54.4 Å². The number of ether oxygens (including phenoxy) is 1. The molecule has 0 saturated carbocycles. The molecular formula is C22H28ClN3O2. The van der Waals surface area contributed by atoms with Crippen LogP contribution in [0.15, 0.2) is 36.4 Å². The molecule has 28 heavy (non-hydrogen) atoms. The third kappa shape index (κ3) is 5.40. The summed E-state index contributed by atoms with van der Waals surface area (Å²) in [5.41, 5.74) is 3.98. The normalized spacial score (nSPS) is 14.8. The Morgan fingerprint density at radius 1 is 1.11 bits per heavy atom. The highest BCUT2D eigenvalue weighted by molar-refractivity contribution is 6.31. The van der Waals surface area contributed by atoms with Gasteiger partial charge in [-0.2, -0.15) is 0 Å². The summed E-state index contributed by atoms with van der Waals surface area (Å²) in [4.78, 5) is 17.1. The zero-order chi connectivity index (χ0) is 20.1. The zero-order valence-electron chi connectivity index (χ0n) is 16.8. The molecule has 0 unspecified atom stereocenters. The molecule has 1 amide bonds. The monoisotopic (exact) mass is 401 g/mol. The minimum absolute atomic E-state index is 0.0806. The van der Waals surface area contributed by atoms with Crippen LogP contribution in [0.5, 0.6) is 5.75 Å². The standard InChI is InChI=1S/C22H28ClN3O2/c1-16-4-5-17(2)21(14-16)28-13-8-22(27)24-19-15-18(23)6-7-20(19)26-11-9-25(3)10-12-26/h4-7,14-15H,8-13H2,1-3H3,(H,24,27). The van der Waals surface area contributed by atoms with Gasteiger partial charge in [-0.05, 0) is 56.3 Å². The Bertz CT molecular complexity index is 833. The molecular weight excluding hydrogens is 374 g/mol. The second-order valence-electron chi connectivity index (χ2n) is 7.37. The van der Waals surface area contributed by atoms with Gasteiger partial charge in [-0.15, -0.1) is 0 Å². The first-order valence-corrected chi connectivity index (χ1v) is 10.0. The lowest BCUT2D eigenvalue weighted by Crippen LogP contribution is -2.44. The van der Waals surface area contributed by atoms with E-state index >= 15 is 0 Å². The van der Waals surface area contributed by atoms with E-state index in [1.54, 1.807) is 0 Å². The highest BCUT2D eigenvalue weighted by Gasteiger charge is 2.18. The van der Waals surface area contributed by atoms with E-state index in [0.29, 0.717) is 11.6 Å². The van der Waals surface area contributed by atoms with Gasteiger partial charge in [-0.1, -0.05) is 23.7 Å². The number of carbonyl (C=O) groups excluding carboxylic acids is 1. The Balaban J connectivity index is 1.60. The van der Waals surface area contributed by atoms with Crippen molar-refractivity contribution < 1.29 is 9.53 Å². The summed E-state index contributed by atoms with van der Waals surface area (Å²) in [6.07, 6.45) is 0.280. The predicted molar refractivity (Wildman–Crippen MR) is 116 cm³/mol. The molecule has 3 rings (SSSR count). The van der Waals surface area contributed by atoms with Crippen LogP contribution in [0, 0.1) is 13.8 Å². The largest absolute Gasteiger partial charge is 0.493 e. The van der Waals surface area contributed by atoms with Crippen molar-refractivity contribution in [1.82, 2.24) is 4.90 Å². The van der Waals surface area contributed by atoms with Gasteiger partial charge >= 0.3 is 0 Å². The quantitative estimate of drug-likeness (QED) is 0.790. The van der Waals surface area contributed by atoms with Crippen molar-refractivity contribution in [1.29, 1.82) is 0 Å². The number of anilines is 2. The molecule has 6 heteroatoms. The van der Waals surface area contributed by atoms with Crippen LogP contribution in [0.4, 0.5) is 11.4 Å². The van der Waals surface area contributed by atoms with Crippen molar-refractivity contribution in [2.75, 3.05) is 50.1 Å². The lowest BCUT2D eigenvalue weighted by molar-refractivity contribution is -0.116. The molecule has 0 radical (unpaired) electrons. The van der Waals surface area contributed by atoms with E-state index in [4.69, 9.17) is 16.3 Å². The summed E-state index contributed by atoms with van der Waals surface area (Å²) in [5.74, 6) is 0.747. The third-order valence-electron chi connectivity index (χ3n) is 5.01. The first kappa shape index (κ1) is 20.5. The average Bonchev–Trinajstić information content (AvgIpc) is 2.66. The molecule has 150 valence electrons. The summed E-state index contributed by atoms with van der Waals surface area (Å²) in [5, 5.41) is 3.62. The second kappa shape index (κ2) is 9.30. The molecule has 0 bridgehead atoms. The van der Waals surface area contributed by atoms with E-state index in [2.05, 4.69) is 22.2 Å². The molecule has 1 fully saturated rings. The number of nitrogens with one attached hydrogen (secondary N) is 1. The maximum absolute atomic E-state index is 12.5. The van der Waals surface area contributed by atoms with Crippen LogP contribution in [-0.4, -0.2) is 50.6 Å². The van der Waals surface area contributed by atoms with E-state index in [9.17, 15) is 4.79 Å². The number of amides is 1. The van der Waals surface area contributed by atoms with Crippen molar-refractivity contribution >= 4 is 28.9 Å². The molecule has 0 aliphatic carbocycles. The summed E-state index contributed by atoms with van der Waals surface area (Å²) in [6, 6.07) is 11.7. The van der Waals surface area contributed by atoms with E-state index in [-0.39, 0.29) is 12.3 Å². The number of hydrogen-bond donors (Lipinski definition) is 1. The molecule has 1 aliphatic rings. The Kier molecular flexibility index (Phi) is 6.81. The van der Waals surface area contributed by atoms with Crippen LogP contribution in [0.2, 0.25) is 5.02 Å². The Hall–Kier alpha value is -2.24. The van der Waals surface area contributed by atoms with Gasteiger partial charge in [0.2, 0.25) is 5.91 Å². The van der Waals surface area contributed by atoms with Crippen molar-refractivity contribution in [3.8, 4) is 5.75 Å². The van der Waals surface area contributed by atoms with Gasteiger partial charge in [0.05, 0.1) is 24.4 Å². The van der Waals surface area contributed by atoms with E-state index < -0.39 is 0 Å². The molecule has 0 spiro atoms. The van der Waals surface area contributed by atoms with Gasteiger partial charge in [-0.3, -0.25) is 4.79 Å². The lowest BCUT2D eigenvalue weighted by atomic mass is 10.1. The molecule has 0 atom stereocenters. The predicted octanol–water partition coefficient (Wildman–Crippen LogP) is 4.12. The van der Waals surface area contributed by atoms with Gasteiger partial charge in [0.25, 0.3) is 0 Å². The second-order valence-corrected chi connectivity index (χ2v) is 7.80. The molecule has 5 nitrogen and oxygen atoms in total. The van der Waals surface area contributed by atoms with Crippen molar-refractivity contribution in [3.05, 3.63) is 52.5 Å². The van der Waals surface area contributed by atoms with Crippen LogP contribution >= 0.6 is 11.6 Å². The lowest BCUT2D eigenvalue weighted by Gasteiger charge is -2.35. The van der Waals surface area contributed by atoms with Crippen molar-refractivity contribution in [2.24, 2.45) is 0 Å². The Morgan fingerprint density at radius 2 is 1.86 bits per heavy atom. The number of hydrogen-bond acceptors (Lipinski definition) is 4. The number of carbonyl (C=O) groups is 1. The fourth-order valence-corrected chi connectivity index (χ4v) is 3.43. The van der Waals surface area contributed by atoms with Gasteiger partial charge < -0.3 is 19.9 Å². The smallest absolute Gasteiger partial charge is 0.227 e. The average molecular weight is 402 g/mol. The molecule has 1 heterocycles. The topological polar surface area (TPSA) is 44.8 Å². The number of rotatable bonds is 6. The summed E-state index contributed by atoms with van der Waals surface area (Å²) >= 11 is 6.18. The molecule has 2 aromatic carbocycles. The number of halogens is 1. The number of likely N-dealkylation sites (N-methyl/N-ethyl adjacent to an activating group) is 1. The molecule has 1 N–H and O–H groups in total. The first-order chi connectivity index (χ1) is 13.4. The Labute approximate surface area is 172 Å². The molecule has 1 saturated heterocycles. The molecule has 0 aromatic heterocycles. The number of benzene rings is 2. The maximum atomic E-state index is 12.5. The van der Waals surface area contributed by atoms with Crippen LogP contribution in [0.3, 0.4) is 0 Å². The minimum atomic E-state index is -0.0806. The van der Waals surface area contributed by atoms with E-state index in [1.807, 2.05) is 50.2 Å². The fourth-order valence-electron chi connectivity index (χ4n) is 3.26. The van der Waals surface area contributed by atoms with Crippen molar-refractivity contribution in [3.63, 3.8) is 0 Å². The fraction of sp³-hybridized carbons (Fsp3) is 0.409. The van der Waals surface area contributed by atoms with Crippen molar-refractivity contribution in [2.45, 2.75) is 20.3 Å². The molecule has 1 aliphatic heterocycles. The van der Waals surface area contributed by atoms with Gasteiger partial charge in [0, 0.05) is 31.2 Å². The SMILES string of the molecule is Cc1ccc(C)c(OCCC(=O)Nc2cc(Cl)ccc2N2CCN(C)CC2)c1. The van der Waals surface area contributed by atoms with Crippen LogP contribution < -0.4 is 15.0 Å². The van der Waals surface area contributed by atoms with Gasteiger partial charge in [0.1, 0.15) is 5.75 Å². The summed E-state index contributed by atoms with van der Waals surface area (Å²) < 4.78 is 5.81. The third-order valence-corrected chi connectivity index (χ3v) is 5.24. The zero-order valence-corrected chi connectivity index (χ0v) is 17.6.